The summed E-state index contributed by atoms with van der Waals surface area (Å²) in [5, 5.41) is 3.15. The van der Waals surface area contributed by atoms with Crippen LogP contribution in [0.4, 0.5) is 11.4 Å². The molecule has 1 aliphatic rings. The zero-order chi connectivity index (χ0) is 19.4. The van der Waals surface area contributed by atoms with Crippen molar-refractivity contribution in [2.45, 2.75) is 31.1 Å². The number of aryl methyl sites for hydroxylation is 1. The number of hydrogen-bond acceptors (Lipinski definition) is 3. The standard InChI is InChI=1S/C20H21ClN2O3S/c1-14-11-12-16(22-20(24)15-7-3-2-4-8-15)13-19(14)27(25,26)23-18-10-6-5-9-17(18)21/h2-3,5-6,9-13,15,23H,4,7-8H2,1H3,(H,22,24). The maximum Gasteiger partial charge on any atom is 0.262 e. The minimum atomic E-state index is -3.85. The second-order valence-corrected chi connectivity index (χ2v) is 8.59. The predicted molar refractivity (Wildman–Crippen MR) is 109 cm³/mol. The molecule has 1 aliphatic carbocycles. The summed E-state index contributed by atoms with van der Waals surface area (Å²) in [5.41, 5.74) is 1.34. The molecule has 7 heteroatoms. The maximum atomic E-state index is 12.8. The first kappa shape index (κ1) is 19.5. The summed E-state index contributed by atoms with van der Waals surface area (Å²) in [4.78, 5) is 12.5. The van der Waals surface area contributed by atoms with Crippen LogP contribution in [0.2, 0.25) is 5.02 Å². The molecule has 27 heavy (non-hydrogen) atoms. The lowest BCUT2D eigenvalue weighted by Gasteiger charge is -2.18. The van der Waals surface area contributed by atoms with Crippen molar-refractivity contribution in [3.8, 4) is 0 Å². The lowest BCUT2D eigenvalue weighted by atomic mass is 9.93. The van der Waals surface area contributed by atoms with Crippen molar-refractivity contribution >= 4 is 38.9 Å². The smallest absolute Gasteiger partial charge is 0.262 e. The van der Waals surface area contributed by atoms with Gasteiger partial charge in [0.2, 0.25) is 5.91 Å². The third-order valence-corrected chi connectivity index (χ3v) is 6.34. The fourth-order valence-electron chi connectivity index (χ4n) is 2.99. The van der Waals surface area contributed by atoms with Crippen LogP contribution in [-0.2, 0) is 14.8 Å². The van der Waals surface area contributed by atoms with Crippen molar-refractivity contribution < 1.29 is 13.2 Å². The van der Waals surface area contributed by atoms with Crippen LogP contribution in [0.15, 0.2) is 59.5 Å². The molecule has 0 radical (unpaired) electrons. The molecule has 1 unspecified atom stereocenters. The van der Waals surface area contributed by atoms with Crippen LogP contribution < -0.4 is 10.0 Å². The zero-order valence-electron chi connectivity index (χ0n) is 14.9. The molecule has 0 aromatic heterocycles. The number of amides is 1. The lowest BCUT2D eigenvalue weighted by Crippen LogP contribution is -2.23. The Bertz CT molecular complexity index is 986. The Morgan fingerprint density at radius 3 is 2.63 bits per heavy atom. The molecule has 142 valence electrons. The second-order valence-electron chi connectivity index (χ2n) is 6.54. The number of anilines is 2. The molecule has 2 aromatic rings. The van der Waals surface area contributed by atoms with Crippen LogP contribution in [-0.4, -0.2) is 14.3 Å². The molecule has 0 saturated heterocycles. The highest BCUT2D eigenvalue weighted by Gasteiger charge is 2.21. The molecule has 0 bridgehead atoms. The van der Waals surface area contributed by atoms with Gasteiger partial charge in [0.05, 0.1) is 15.6 Å². The molecule has 2 N–H and O–H groups in total. The van der Waals surface area contributed by atoms with E-state index >= 15 is 0 Å². The molecule has 2 aromatic carbocycles. The summed E-state index contributed by atoms with van der Waals surface area (Å²) in [5.74, 6) is -0.178. The van der Waals surface area contributed by atoms with Crippen molar-refractivity contribution in [2.75, 3.05) is 10.0 Å². The van der Waals surface area contributed by atoms with Crippen LogP contribution in [0.3, 0.4) is 0 Å². The van der Waals surface area contributed by atoms with Gasteiger partial charge in [-0.2, -0.15) is 0 Å². The zero-order valence-corrected chi connectivity index (χ0v) is 16.5. The van der Waals surface area contributed by atoms with Crippen LogP contribution in [0.25, 0.3) is 0 Å². The first-order valence-corrected chi connectivity index (χ1v) is 10.6. The summed E-state index contributed by atoms with van der Waals surface area (Å²) >= 11 is 6.05. The van der Waals surface area contributed by atoms with Crippen molar-refractivity contribution in [3.05, 3.63) is 65.2 Å². The molecule has 0 spiro atoms. The number of halogens is 1. The predicted octanol–water partition coefficient (Wildman–Crippen LogP) is 4.74. The van der Waals surface area contributed by atoms with Gasteiger partial charge >= 0.3 is 0 Å². The van der Waals surface area contributed by atoms with Gasteiger partial charge in [0.15, 0.2) is 0 Å². The van der Waals surface area contributed by atoms with E-state index in [0.717, 1.165) is 12.8 Å². The molecule has 1 amide bonds. The number of nitrogens with one attached hydrogen (secondary N) is 2. The number of hydrogen-bond donors (Lipinski definition) is 2. The Labute approximate surface area is 164 Å². The number of allylic oxidation sites excluding steroid dienone is 2. The van der Waals surface area contributed by atoms with Gasteiger partial charge in [0.1, 0.15) is 0 Å². The molecule has 0 aliphatic heterocycles. The highest BCUT2D eigenvalue weighted by atomic mass is 35.5. The number of carbonyl (C=O) groups is 1. The first-order chi connectivity index (χ1) is 12.9. The Kier molecular flexibility index (Phi) is 5.87. The van der Waals surface area contributed by atoms with Crippen LogP contribution in [0.5, 0.6) is 0 Å². The average molecular weight is 405 g/mol. The van der Waals surface area contributed by atoms with Crippen molar-refractivity contribution in [2.24, 2.45) is 5.92 Å². The fourth-order valence-corrected chi connectivity index (χ4v) is 4.58. The molecule has 3 rings (SSSR count). The highest BCUT2D eigenvalue weighted by Crippen LogP contribution is 2.27. The average Bonchev–Trinajstić information content (AvgIpc) is 2.65. The number of para-hydroxylation sites is 1. The van der Waals surface area contributed by atoms with E-state index in [-0.39, 0.29) is 16.7 Å². The summed E-state index contributed by atoms with van der Waals surface area (Å²) in [7, 11) is -3.85. The molecular formula is C20H21ClN2O3S. The summed E-state index contributed by atoms with van der Waals surface area (Å²) < 4.78 is 28.2. The van der Waals surface area contributed by atoms with E-state index in [1.165, 1.54) is 6.07 Å². The second kappa shape index (κ2) is 8.15. The first-order valence-electron chi connectivity index (χ1n) is 8.71. The van der Waals surface area contributed by atoms with E-state index in [4.69, 9.17) is 11.6 Å². The van der Waals surface area contributed by atoms with E-state index in [2.05, 4.69) is 16.1 Å². The molecule has 0 saturated carbocycles. The number of carbonyl (C=O) groups excluding carboxylic acids is 1. The van der Waals surface area contributed by atoms with Gasteiger partial charge in [-0.15, -0.1) is 0 Å². The van der Waals surface area contributed by atoms with Crippen LogP contribution in [0.1, 0.15) is 24.8 Å². The quantitative estimate of drug-likeness (QED) is 0.706. The van der Waals surface area contributed by atoms with Gasteiger partial charge in [0, 0.05) is 11.6 Å². The molecular weight excluding hydrogens is 384 g/mol. The van der Waals surface area contributed by atoms with Crippen molar-refractivity contribution in [1.29, 1.82) is 0 Å². The highest BCUT2D eigenvalue weighted by molar-refractivity contribution is 7.92. The van der Waals surface area contributed by atoms with E-state index in [0.29, 0.717) is 28.4 Å². The van der Waals surface area contributed by atoms with Gasteiger partial charge in [-0.25, -0.2) is 8.42 Å². The van der Waals surface area contributed by atoms with Gasteiger partial charge in [0.25, 0.3) is 10.0 Å². The summed E-state index contributed by atoms with van der Waals surface area (Å²) in [6.07, 6.45) is 6.46. The van der Waals surface area contributed by atoms with Gasteiger partial charge in [-0.1, -0.05) is 42.0 Å². The topological polar surface area (TPSA) is 75.3 Å². The van der Waals surface area contributed by atoms with Crippen molar-refractivity contribution in [3.63, 3.8) is 0 Å². The number of rotatable bonds is 5. The largest absolute Gasteiger partial charge is 0.326 e. The molecule has 5 nitrogen and oxygen atoms in total. The summed E-state index contributed by atoms with van der Waals surface area (Å²) in [6.45, 7) is 1.71. The lowest BCUT2D eigenvalue weighted by molar-refractivity contribution is -0.120. The van der Waals surface area contributed by atoms with Crippen molar-refractivity contribution in [1.82, 2.24) is 0 Å². The molecule has 1 atom stereocenters. The van der Waals surface area contributed by atoms with E-state index in [1.807, 2.05) is 6.08 Å². The SMILES string of the molecule is Cc1ccc(NC(=O)C2CC=CCC2)cc1S(=O)(=O)Nc1ccccc1Cl. The van der Waals surface area contributed by atoms with Gasteiger partial charge in [-0.3, -0.25) is 9.52 Å². The Balaban J connectivity index is 1.83. The third-order valence-electron chi connectivity index (χ3n) is 4.50. The third kappa shape index (κ3) is 4.70. The number of sulfonamides is 1. The maximum absolute atomic E-state index is 12.8. The van der Waals surface area contributed by atoms with Crippen LogP contribution in [0, 0.1) is 12.8 Å². The fraction of sp³-hybridized carbons (Fsp3) is 0.250. The minimum absolute atomic E-state index is 0.0855. The normalized spacial score (nSPS) is 16.7. The van der Waals surface area contributed by atoms with E-state index in [1.54, 1.807) is 43.3 Å². The number of benzene rings is 2. The Morgan fingerprint density at radius 2 is 1.93 bits per heavy atom. The van der Waals surface area contributed by atoms with Gasteiger partial charge in [-0.05, 0) is 56.0 Å². The Hall–Kier alpha value is -2.31. The van der Waals surface area contributed by atoms with E-state index < -0.39 is 10.0 Å². The minimum Gasteiger partial charge on any atom is -0.326 e. The Morgan fingerprint density at radius 1 is 1.15 bits per heavy atom. The summed E-state index contributed by atoms with van der Waals surface area (Å²) in [6, 6.07) is 11.5. The molecule has 0 heterocycles. The van der Waals surface area contributed by atoms with Gasteiger partial charge < -0.3 is 5.32 Å². The van der Waals surface area contributed by atoms with Crippen LogP contribution >= 0.6 is 11.6 Å². The monoisotopic (exact) mass is 404 g/mol. The van der Waals surface area contributed by atoms with E-state index in [9.17, 15) is 13.2 Å². The molecule has 0 fully saturated rings.